The van der Waals surface area contributed by atoms with Crippen LogP contribution in [0.25, 0.3) is 0 Å². The number of methoxy groups -OCH3 is 5. The van der Waals surface area contributed by atoms with Gasteiger partial charge < -0.3 is 28.4 Å². The molecule has 3 unspecified atom stereocenters. The number of rotatable bonds is 6. The van der Waals surface area contributed by atoms with Gasteiger partial charge in [-0.15, -0.1) is 0 Å². The largest absolute Gasteiger partial charge is 0.493 e. The molecule has 0 aliphatic carbocycles. The quantitative estimate of drug-likeness (QED) is 0.411. The van der Waals surface area contributed by atoms with Crippen molar-refractivity contribution in [1.82, 2.24) is 0 Å². The lowest BCUT2D eigenvalue weighted by Crippen LogP contribution is -2.33. The minimum absolute atomic E-state index is 0.212. The molecule has 9 heteroatoms. The first kappa shape index (κ1) is 19.4. The van der Waals surface area contributed by atoms with Gasteiger partial charge in [0.15, 0.2) is 17.4 Å². The van der Waals surface area contributed by atoms with E-state index in [0.717, 1.165) is 14.2 Å². The van der Waals surface area contributed by atoms with E-state index in [1.165, 1.54) is 21.3 Å². The summed E-state index contributed by atoms with van der Waals surface area (Å²) in [5, 5.41) is 0. The number of hydrogen-bond acceptors (Lipinski definition) is 9. The molecule has 0 spiro atoms. The van der Waals surface area contributed by atoms with Crippen molar-refractivity contribution in [1.29, 1.82) is 0 Å². The molecule has 1 fully saturated rings. The van der Waals surface area contributed by atoms with Gasteiger partial charge in [-0.1, -0.05) is 0 Å². The van der Waals surface area contributed by atoms with Crippen LogP contribution in [0.15, 0.2) is 12.1 Å². The van der Waals surface area contributed by atoms with Crippen molar-refractivity contribution in [3.63, 3.8) is 0 Å². The molecule has 1 saturated heterocycles. The first-order valence-electron chi connectivity index (χ1n) is 7.60. The van der Waals surface area contributed by atoms with Crippen LogP contribution < -0.4 is 14.2 Å². The second kappa shape index (κ2) is 7.94. The van der Waals surface area contributed by atoms with E-state index in [0.29, 0.717) is 11.3 Å². The Labute approximate surface area is 150 Å². The summed E-state index contributed by atoms with van der Waals surface area (Å²) >= 11 is 0. The fourth-order valence-corrected chi connectivity index (χ4v) is 2.96. The van der Waals surface area contributed by atoms with E-state index in [1.807, 2.05) is 0 Å². The van der Waals surface area contributed by atoms with Gasteiger partial charge in [-0.3, -0.25) is 14.4 Å². The number of hydrogen-bond donors (Lipinski definition) is 0. The predicted molar refractivity (Wildman–Crippen MR) is 85.9 cm³/mol. The standard InChI is InChI=1S/C17H20O9/c1-21-9-7-6-8(13(22-2)14(9)23-3)12-10(15(18)24-4)11(16(19)25-5)17(20)26-12/h6-7,10-12H,1-5H3. The van der Waals surface area contributed by atoms with Crippen molar-refractivity contribution >= 4 is 17.9 Å². The monoisotopic (exact) mass is 368 g/mol. The van der Waals surface area contributed by atoms with Crippen LogP contribution >= 0.6 is 0 Å². The zero-order chi connectivity index (χ0) is 19.4. The van der Waals surface area contributed by atoms with Gasteiger partial charge in [-0.05, 0) is 12.1 Å². The lowest BCUT2D eigenvalue weighted by atomic mass is 9.86. The highest BCUT2D eigenvalue weighted by Crippen LogP contribution is 2.49. The highest BCUT2D eigenvalue weighted by atomic mass is 16.6. The summed E-state index contributed by atoms with van der Waals surface area (Å²) in [5.74, 6) is -4.36. The zero-order valence-electron chi connectivity index (χ0n) is 15.1. The average molecular weight is 368 g/mol. The Kier molecular flexibility index (Phi) is 5.91. The molecular formula is C17H20O9. The van der Waals surface area contributed by atoms with E-state index in [9.17, 15) is 14.4 Å². The molecule has 1 aliphatic rings. The molecule has 1 aromatic carbocycles. The SMILES string of the molecule is COC(=O)C1C(=O)OC(c2ccc(OC)c(OC)c2OC)C1C(=O)OC. The Morgan fingerprint density at radius 2 is 1.50 bits per heavy atom. The van der Waals surface area contributed by atoms with Crippen LogP contribution in [0.5, 0.6) is 17.2 Å². The molecule has 26 heavy (non-hydrogen) atoms. The Morgan fingerprint density at radius 3 is 2.00 bits per heavy atom. The molecule has 0 radical (unpaired) electrons. The summed E-state index contributed by atoms with van der Waals surface area (Å²) in [6.07, 6.45) is -1.12. The third kappa shape index (κ3) is 3.12. The van der Waals surface area contributed by atoms with Gasteiger partial charge in [0.2, 0.25) is 5.75 Å². The maximum atomic E-state index is 12.3. The van der Waals surface area contributed by atoms with E-state index < -0.39 is 35.8 Å². The van der Waals surface area contributed by atoms with Crippen LogP contribution in [0.2, 0.25) is 0 Å². The van der Waals surface area contributed by atoms with E-state index in [-0.39, 0.29) is 11.5 Å². The van der Waals surface area contributed by atoms with Crippen molar-refractivity contribution in [2.75, 3.05) is 35.5 Å². The van der Waals surface area contributed by atoms with Crippen LogP contribution in [0.3, 0.4) is 0 Å². The van der Waals surface area contributed by atoms with E-state index in [2.05, 4.69) is 4.74 Å². The molecule has 3 atom stereocenters. The van der Waals surface area contributed by atoms with Gasteiger partial charge in [0.25, 0.3) is 0 Å². The van der Waals surface area contributed by atoms with E-state index in [4.69, 9.17) is 23.7 Å². The second-order valence-corrected chi connectivity index (χ2v) is 5.33. The Balaban J connectivity index is 2.60. The number of carbonyl (C=O) groups excluding carboxylic acids is 3. The van der Waals surface area contributed by atoms with Crippen LogP contribution in [0.1, 0.15) is 11.7 Å². The molecular weight excluding hydrogens is 348 g/mol. The Morgan fingerprint density at radius 1 is 0.885 bits per heavy atom. The van der Waals surface area contributed by atoms with Gasteiger partial charge >= 0.3 is 17.9 Å². The highest BCUT2D eigenvalue weighted by Gasteiger charge is 2.55. The number of ether oxygens (including phenoxy) is 6. The fourth-order valence-electron chi connectivity index (χ4n) is 2.96. The smallest absolute Gasteiger partial charge is 0.322 e. The number of cyclic esters (lactones) is 1. The summed E-state index contributed by atoms with van der Waals surface area (Å²) in [5.41, 5.74) is 0.334. The van der Waals surface area contributed by atoms with Crippen molar-refractivity contribution < 1.29 is 42.8 Å². The summed E-state index contributed by atoms with van der Waals surface area (Å²) in [6.45, 7) is 0. The third-order valence-corrected chi connectivity index (χ3v) is 4.15. The van der Waals surface area contributed by atoms with Crippen molar-refractivity contribution in [2.24, 2.45) is 11.8 Å². The van der Waals surface area contributed by atoms with Gasteiger partial charge in [0, 0.05) is 5.56 Å². The maximum Gasteiger partial charge on any atom is 0.322 e. The summed E-state index contributed by atoms with van der Waals surface area (Å²) < 4.78 is 30.6. The zero-order valence-corrected chi connectivity index (χ0v) is 15.1. The second-order valence-electron chi connectivity index (χ2n) is 5.33. The summed E-state index contributed by atoms with van der Waals surface area (Å²) in [6, 6.07) is 3.14. The van der Waals surface area contributed by atoms with Crippen molar-refractivity contribution in [2.45, 2.75) is 6.10 Å². The first-order valence-corrected chi connectivity index (χ1v) is 7.60. The summed E-state index contributed by atoms with van der Waals surface area (Å²) in [7, 11) is 6.54. The lowest BCUT2D eigenvalue weighted by Gasteiger charge is -2.22. The summed E-state index contributed by atoms with van der Waals surface area (Å²) in [4.78, 5) is 36.5. The van der Waals surface area contributed by atoms with Crippen molar-refractivity contribution in [3.8, 4) is 17.2 Å². The van der Waals surface area contributed by atoms with Gasteiger partial charge in [-0.2, -0.15) is 0 Å². The molecule has 1 aromatic rings. The van der Waals surface area contributed by atoms with E-state index in [1.54, 1.807) is 12.1 Å². The fraction of sp³-hybridized carbons (Fsp3) is 0.471. The average Bonchev–Trinajstić information content (AvgIpc) is 3.01. The van der Waals surface area contributed by atoms with Crippen LogP contribution in [-0.2, 0) is 28.6 Å². The predicted octanol–water partition coefficient (Wildman–Crippen LogP) is 0.889. The molecule has 9 nitrogen and oxygen atoms in total. The van der Waals surface area contributed by atoms with Crippen LogP contribution in [-0.4, -0.2) is 53.5 Å². The third-order valence-electron chi connectivity index (χ3n) is 4.15. The Bertz CT molecular complexity index is 712. The topological polar surface area (TPSA) is 107 Å². The highest BCUT2D eigenvalue weighted by molar-refractivity contribution is 6.01. The lowest BCUT2D eigenvalue weighted by molar-refractivity contribution is -0.159. The molecule has 1 heterocycles. The minimum Gasteiger partial charge on any atom is -0.493 e. The molecule has 0 aromatic heterocycles. The van der Waals surface area contributed by atoms with Gasteiger partial charge in [0.05, 0.1) is 35.5 Å². The minimum atomic E-state index is -1.43. The normalized spacial score (nSPS) is 21.6. The Hall–Kier alpha value is -2.97. The number of carbonyl (C=O) groups is 3. The first-order chi connectivity index (χ1) is 12.4. The van der Waals surface area contributed by atoms with E-state index >= 15 is 0 Å². The molecule has 1 aliphatic heterocycles. The molecule has 0 saturated carbocycles. The molecule has 2 rings (SSSR count). The molecule has 0 bridgehead atoms. The number of benzene rings is 1. The molecule has 0 N–H and O–H groups in total. The molecule has 0 amide bonds. The van der Waals surface area contributed by atoms with Crippen LogP contribution in [0, 0.1) is 11.8 Å². The van der Waals surface area contributed by atoms with Crippen molar-refractivity contribution in [3.05, 3.63) is 17.7 Å². The van der Waals surface area contributed by atoms with Crippen LogP contribution in [0.4, 0.5) is 0 Å². The van der Waals surface area contributed by atoms with Gasteiger partial charge in [-0.25, -0.2) is 0 Å². The maximum absolute atomic E-state index is 12.3. The number of esters is 3. The molecule has 142 valence electrons. The van der Waals surface area contributed by atoms with Gasteiger partial charge in [0.1, 0.15) is 12.0 Å².